The van der Waals surface area contributed by atoms with Crippen LogP contribution >= 0.6 is 0 Å². The van der Waals surface area contributed by atoms with Crippen molar-refractivity contribution in [3.63, 3.8) is 0 Å². The zero-order valence-corrected chi connectivity index (χ0v) is 17.7. The van der Waals surface area contributed by atoms with Crippen LogP contribution in [0.1, 0.15) is 23.1 Å². The first-order valence-electron chi connectivity index (χ1n) is 10.3. The second-order valence-corrected chi connectivity index (χ2v) is 7.43. The Labute approximate surface area is 179 Å². The summed E-state index contributed by atoms with van der Waals surface area (Å²) in [7, 11) is 1.56. The molecule has 0 fully saturated rings. The maximum Gasteiger partial charge on any atom is 0.339 e. The summed E-state index contributed by atoms with van der Waals surface area (Å²) in [4.78, 5) is 24.7. The zero-order chi connectivity index (χ0) is 21.8. The van der Waals surface area contributed by atoms with Crippen LogP contribution in [-0.2, 0) is 17.6 Å². The second kappa shape index (κ2) is 9.12. The number of benzene rings is 2. The van der Waals surface area contributed by atoms with Crippen molar-refractivity contribution in [2.75, 3.05) is 26.9 Å². The van der Waals surface area contributed by atoms with Crippen molar-refractivity contribution in [3.05, 3.63) is 63.5 Å². The maximum absolute atomic E-state index is 12.4. The molecule has 1 N–H and O–H groups in total. The fourth-order valence-electron chi connectivity index (χ4n) is 3.71. The van der Waals surface area contributed by atoms with E-state index in [2.05, 4.69) is 5.32 Å². The summed E-state index contributed by atoms with van der Waals surface area (Å²) in [5.74, 6) is 2.01. The van der Waals surface area contributed by atoms with E-state index in [0.717, 1.165) is 28.0 Å². The molecule has 7 heteroatoms. The average molecular weight is 423 g/mol. The molecule has 162 valence electrons. The third kappa shape index (κ3) is 4.66. The Kier molecular flexibility index (Phi) is 6.11. The number of fused-ring (bicyclic) bond motifs is 2. The van der Waals surface area contributed by atoms with E-state index in [1.54, 1.807) is 13.2 Å². The van der Waals surface area contributed by atoms with Crippen LogP contribution in [-0.4, -0.2) is 32.8 Å². The molecule has 3 aromatic rings. The van der Waals surface area contributed by atoms with Gasteiger partial charge in [-0.3, -0.25) is 4.79 Å². The smallest absolute Gasteiger partial charge is 0.339 e. The molecule has 0 bridgehead atoms. The van der Waals surface area contributed by atoms with Crippen LogP contribution in [0, 0.1) is 6.92 Å². The van der Waals surface area contributed by atoms with Crippen molar-refractivity contribution in [1.82, 2.24) is 5.32 Å². The van der Waals surface area contributed by atoms with Gasteiger partial charge in [0.15, 0.2) is 11.5 Å². The van der Waals surface area contributed by atoms with E-state index in [1.807, 2.05) is 37.3 Å². The van der Waals surface area contributed by atoms with Crippen LogP contribution in [0.5, 0.6) is 17.2 Å². The van der Waals surface area contributed by atoms with Crippen molar-refractivity contribution in [2.24, 2.45) is 0 Å². The number of hydrogen-bond acceptors (Lipinski definition) is 6. The minimum absolute atomic E-state index is 0.105. The van der Waals surface area contributed by atoms with Crippen molar-refractivity contribution >= 4 is 16.9 Å². The molecule has 0 aliphatic carbocycles. The number of hydrogen-bond donors (Lipinski definition) is 1. The quantitative estimate of drug-likeness (QED) is 0.588. The summed E-state index contributed by atoms with van der Waals surface area (Å²) >= 11 is 0. The molecule has 0 spiro atoms. The Morgan fingerprint density at radius 3 is 2.68 bits per heavy atom. The van der Waals surface area contributed by atoms with Gasteiger partial charge in [0.1, 0.15) is 24.5 Å². The van der Waals surface area contributed by atoms with Gasteiger partial charge in [-0.2, -0.15) is 0 Å². The van der Waals surface area contributed by atoms with Crippen molar-refractivity contribution in [1.29, 1.82) is 0 Å². The van der Waals surface area contributed by atoms with E-state index in [9.17, 15) is 9.59 Å². The van der Waals surface area contributed by atoms with Crippen molar-refractivity contribution in [3.8, 4) is 17.2 Å². The van der Waals surface area contributed by atoms with Crippen molar-refractivity contribution in [2.45, 2.75) is 26.2 Å². The molecule has 2 heterocycles. The number of rotatable bonds is 7. The second-order valence-electron chi connectivity index (χ2n) is 7.43. The van der Waals surface area contributed by atoms with Gasteiger partial charge in [0, 0.05) is 30.0 Å². The topological polar surface area (TPSA) is 87.0 Å². The number of aryl methyl sites for hydroxylation is 1. The lowest BCUT2D eigenvalue weighted by Gasteiger charge is -2.18. The highest BCUT2D eigenvalue weighted by atomic mass is 16.6. The summed E-state index contributed by atoms with van der Waals surface area (Å²) < 4.78 is 21.7. The van der Waals surface area contributed by atoms with Gasteiger partial charge in [-0.05, 0) is 55.2 Å². The van der Waals surface area contributed by atoms with E-state index in [4.69, 9.17) is 18.6 Å². The molecule has 7 nitrogen and oxygen atoms in total. The van der Waals surface area contributed by atoms with Gasteiger partial charge in [-0.25, -0.2) is 4.79 Å². The van der Waals surface area contributed by atoms with Crippen LogP contribution in [0.15, 0.2) is 45.6 Å². The standard InChI is InChI=1S/C24H25NO6/c1-15-18-5-4-17(28-2)14-21(18)31-24(27)19(15)6-8-23(26)25-10-9-16-3-7-20-22(13-16)30-12-11-29-20/h3-5,7,13-14H,6,8-12H2,1-2H3,(H,25,26). The molecule has 1 amide bonds. The van der Waals surface area contributed by atoms with Crippen LogP contribution in [0.4, 0.5) is 0 Å². The first kappa shape index (κ1) is 20.8. The molecule has 0 radical (unpaired) electrons. The number of carbonyl (C=O) groups is 1. The third-order valence-corrected chi connectivity index (χ3v) is 5.44. The molecular weight excluding hydrogens is 398 g/mol. The Morgan fingerprint density at radius 2 is 1.87 bits per heavy atom. The van der Waals surface area contributed by atoms with Gasteiger partial charge in [0.25, 0.3) is 0 Å². The first-order valence-corrected chi connectivity index (χ1v) is 10.3. The fraction of sp³-hybridized carbons (Fsp3) is 0.333. The predicted molar refractivity (Wildman–Crippen MR) is 116 cm³/mol. The molecule has 31 heavy (non-hydrogen) atoms. The largest absolute Gasteiger partial charge is 0.497 e. The van der Waals surface area contributed by atoms with Gasteiger partial charge < -0.3 is 23.9 Å². The number of amides is 1. The predicted octanol–water partition coefficient (Wildman–Crippen LogP) is 3.17. The Bertz CT molecular complexity index is 1170. The van der Waals surface area contributed by atoms with Gasteiger partial charge in [0.05, 0.1) is 7.11 Å². The number of carbonyl (C=O) groups excluding carboxylic acids is 1. The molecule has 4 rings (SSSR count). The highest BCUT2D eigenvalue weighted by Gasteiger charge is 2.14. The normalized spacial score (nSPS) is 12.6. The van der Waals surface area contributed by atoms with E-state index in [0.29, 0.717) is 49.5 Å². The molecular formula is C24H25NO6. The van der Waals surface area contributed by atoms with Crippen LogP contribution < -0.4 is 25.2 Å². The van der Waals surface area contributed by atoms with Gasteiger partial charge in [-0.1, -0.05) is 6.07 Å². The van der Waals surface area contributed by atoms with E-state index >= 15 is 0 Å². The summed E-state index contributed by atoms with van der Waals surface area (Å²) in [6, 6.07) is 11.2. The molecule has 0 saturated carbocycles. The van der Waals surface area contributed by atoms with E-state index in [-0.39, 0.29) is 12.3 Å². The number of ether oxygens (including phenoxy) is 3. The Balaban J connectivity index is 1.33. The highest BCUT2D eigenvalue weighted by Crippen LogP contribution is 2.30. The molecule has 1 aliphatic rings. The van der Waals surface area contributed by atoms with Gasteiger partial charge in [-0.15, -0.1) is 0 Å². The van der Waals surface area contributed by atoms with Gasteiger partial charge >= 0.3 is 5.63 Å². The van der Waals surface area contributed by atoms with Crippen molar-refractivity contribution < 1.29 is 23.4 Å². The van der Waals surface area contributed by atoms with Gasteiger partial charge in [0.2, 0.25) is 5.91 Å². The minimum Gasteiger partial charge on any atom is -0.497 e. The highest BCUT2D eigenvalue weighted by molar-refractivity contribution is 5.82. The molecule has 1 aliphatic heterocycles. The maximum atomic E-state index is 12.4. The minimum atomic E-state index is -0.415. The lowest BCUT2D eigenvalue weighted by molar-refractivity contribution is -0.121. The molecule has 2 aromatic carbocycles. The Morgan fingerprint density at radius 1 is 1.06 bits per heavy atom. The average Bonchev–Trinajstić information content (AvgIpc) is 2.78. The number of nitrogens with one attached hydrogen (secondary N) is 1. The summed E-state index contributed by atoms with van der Waals surface area (Å²) in [5.41, 5.74) is 2.49. The van der Waals surface area contributed by atoms with Crippen LogP contribution in [0.2, 0.25) is 0 Å². The van der Waals surface area contributed by atoms with E-state index < -0.39 is 5.63 Å². The molecule has 0 unspecified atom stereocenters. The zero-order valence-electron chi connectivity index (χ0n) is 17.7. The lowest BCUT2D eigenvalue weighted by Crippen LogP contribution is -2.26. The van der Waals surface area contributed by atoms with Crippen LogP contribution in [0.25, 0.3) is 11.0 Å². The summed E-state index contributed by atoms with van der Waals surface area (Å²) in [6.45, 7) is 3.49. The SMILES string of the molecule is COc1ccc2c(C)c(CCC(=O)NCCc3ccc4c(c3)OCCO4)c(=O)oc2c1. The molecule has 1 aromatic heterocycles. The summed E-state index contributed by atoms with van der Waals surface area (Å²) in [6.07, 6.45) is 1.22. The Hall–Kier alpha value is -3.48. The lowest BCUT2D eigenvalue weighted by atomic mass is 10.0. The van der Waals surface area contributed by atoms with Crippen LogP contribution in [0.3, 0.4) is 0 Å². The third-order valence-electron chi connectivity index (χ3n) is 5.44. The summed E-state index contributed by atoms with van der Waals surface area (Å²) in [5, 5.41) is 3.75. The number of methoxy groups -OCH3 is 1. The first-order chi connectivity index (χ1) is 15.0. The van der Waals surface area contributed by atoms with E-state index in [1.165, 1.54) is 0 Å². The monoisotopic (exact) mass is 423 g/mol. The molecule has 0 atom stereocenters. The fourth-order valence-corrected chi connectivity index (χ4v) is 3.71. The molecule has 0 saturated heterocycles.